The topological polar surface area (TPSA) is 110 Å². The second-order valence-electron chi connectivity index (χ2n) is 4.64. The number of hydrogen-bond donors (Lipinski definition) is 2. The number of anilines is 1. The van der Waals surface area contributed by atoms with Gasteiger partial charge in [-0.3, -0.25) is 0 Å². The first-order chi connectivity index (χ1) is 9.47. The third-order valence-electron chi connectivity index (χ3n) is 2.82. The Balaban J connectivity index is 2.92. The molecule has 1 rings (SSSR count). The van der Waals surface area contributed by atoms with E-state index in [0.29, 0.717) is 5.56 Å². The summed E-state index contributed by atoms with van der Waals surface area (Å²) in [5, 5.41) is 0. The molecular formula is C11H18FN3O4S2. The third-order valence-corrected chi connectivity index (χ3v) is 6.13. The molecule has 10 heteroatoms. The molecule has 0 bridgehead atoms. The molecule has 1 aromatic rings. The highest BCUT2D eigenvalue weighted by atomic mass is 32.2. The number of nitrogens with two attached hydrogens (primary N) is 1. The Hall–Kier alpha value is -1.23. The SMILES string of the molecule is Cc1cc(F)c(S(=O)(=O)NCCS(=O)(=O)N(C)C)cc1N. The second-order valence-corrected chi connectivity index (χ2v) is 8.67. The van der Waals surface area contributed by atoms with Crippen molar-refractivity contribution in [2.45, 2.75) is 11.8 Å². The molecular weight excluding hydrogens is 321 g/mol. The maximum Gasteiger partial charge on any atom is 0.243 e. The minimum atomic E-state index is -4.17. The van der Waals surface area contributed by atoms with Gasteiger partial charge in [-0.2, -0.15) is 0 Å². The van der Waals surface area contributed by atoms with E-state index in [4.69, 9.17) is 5.73 Å². The zero-order chi connectivity index (χ0) is 16.4. The Labute approximate surface area is 124 Å². The third kappa shape index (κ3) is 4.37. The van der Waals surface area contributed by atoms with Gasteiger partial charge in [0.25, 0.3) is 0 Å². The Morgan fingerprint density at radius 3 is 2.33 bits per heavy atom. The highest BCUT2D eigenvalue weighted by Gasteiger charge is 2.21. The van der Waals surface area contributed by atoms with Crippen LogP contribution in [0.3, 0.4) is 0 Å². The predicted octanol–water partition coefficient (Wildman–Crippen LogP) is -0.114. The lowest BCUT2D eigenvalue weighted by Gasteiger charge is -2.12. The van der Waals surface area contributed by atoms with E-state index in [9.17, 15) is 21.2 Å². The van der Waals surface area contributed by atoms with E-state index in [1.807, 2.05) is 4.72 Å². The fourth-order valence-corrected chi connectivity index (χ4v) is 3.42. The van der Waals surface area contributed by atoms with Crippen LogP contribution in [0, 0.1) is 12.7 Å². The van der Waals surface area contributed by atoms with Gasteiger partial charge >= 0.3 is 0 Å². The van der Waals surface area contributed by atoms with Crippen LogP contribution in [0.5, 0.6) is 0 Å². The lowest BCUT2D eigenvalue weighted by molar-refractivity contribution is 0.519. The zero-order valence-electron chi connectivity index (χ0n) is 11.9. The molecule has 0 fully saturated rings. The van der Waals surface area contributed by atoms with Crippen molar-refractivity contribution in [3.8, 4) is 0 Å². The van der Waals surface area contributed by atoms with E-state index in [1.165, 1.54) is 14.1 Å². The Morgan fingerprint density at radius 2 is 1.81 bits per heavy atom. The molecule has 3 N–H and O–H groups in total. The summed E-state index contributed by atoms with van der Waals surface area (Å²) in [6.07, 6.45) is 0. The number of rotatable bonds is 6. The first kappa shape index (κ1) is 17.8. The molecule has 0 spiro atoms. The molecule has 7 nitrogen and oxygen atoms in total. The first-order valence-corrected chi connectivity index (χ1v) is 9.02. The summed E-state index contributed by atoms with van der Waals surface area (Å²) in [7, 11) is -5.03. The number of sulfonamides is 2. The average Bonchev–Trinajstić information content (AvgIpc) is 2.32. The van der Waals surface area contributed by atoms with Crippen molar-refractivity contribution in [2.75, 3.05) is 32.1 Å². The highest BCUT2D eigenvalue weighted by molar-refractivity contribution is 7.90. The molecule has 0 heterocycles. The molecule has 0 atom stereocenters. The fraction of sp³-hybridized carbons (Fsp3) is 0.455. The van der Waals surface area contributed by atoms with Gasteiger partial charge in [-0.1, -0.05) is 0 Å². The van der Waals surface area contributed by atoms with E-state index < -0.39 is 36.5 Å². The largest absolute Gasteiger partial charge is 0.398 e. The van der Waals surface area contributed by atoms with E-state index in [-0.39, 0.29) is 12.2 Å². The number of nitrogens with zero attached hydrogens (tertiary/aromatic N) is 1. The number of nitrogens with one attached hydrogen (secondary N) is 1. The van der Waals surface area contributed by atoms with E-state index in [1.54, 1.807) is 6.92 Å². The number of benzene rings is 1. The summed E-state index contributed by atoms with van der Waals surface area (Å²) in [4.78, 5) is -0.604. The van der Waals surface area contributed by atoms with Crippen LogP contribution in [0.25, 0.3) is 0 Å². The van der Waals surface area contributed by atoms with Gasteiger partial charge in [0.1, 0.15) is 10.7 Å². The molecule has 0 aliphatic heterocycles. The molecule has 0 saturated heterocycles. The Morgan fingerprint density at radius 1 is 1.24 bits per heavy atom. The zero-order valence-corrected chi connectivity index (χ0v) is 13.6. The van der Waals surface area contributed by atoms with Crippen LogP contribution in [0.1, 0.15) is 5.56 Å². The van der Waals surface area contributed by atoms with Crippen molar-refractivity contribution in [3.63, 3.8) is 0 Å². The lowest BCUT2D eigenvalue weighted by Crippen LogP contribution is -2.34. The van der Waals surface area contributed by atoms with Gasteiger partial charge in [0.2, 0.25) is 20.0 Å². The van der Waals surface area contributed by atoms with Crippen LogP contribution in [0.4, 0.5) is 10.1 Å². The lowest BCUT2D eigenvalue weighted by atomic mass is 10.2. The van der Waals surface area contributed by atoms with E-state index in [0.717, 1.165) is 16.4 Å². The van der Waals surface area contributed by atoms with E-state index in [2.05, 4.69) is 0 Å². The Bertz CT molecular complexity index is 730. The van der Waals surface area contributed by atoms with Gasteiger partial charge < -0.3 is 5.73 Å². The quantitative estimate of drug-likeness (QED) is 0.703. The van der Waals surface area contributed by atoms with Crippen LogP contribution < -0.4 is 10.5 Å². The molecule has 0 amide bonds. The smallest absolute Gasteiger partial charge is 0.243 e. The van der Waals surface area contributed by atoms with Crippen LogP contribution in [-0.2, 0) is 20.0 Å². The van der Waals surface area contributed by atoms with Gasteiger partial charge in [-0.25, -0.2) is 30.3 Å². The average molecular weight is 339 g/mol. The first-order valence-electron chi connectivity index (χ1n) is 5.93. The summed E-state index contributed by atoms with van der Waals surface area (Å²) in [6.45, 7) is 1.18. The standard InChI is InChI=1S/C11H18FN3O4S2/c1-8-6-9(12)11(7-10(8)13)21(18,19)14-4-5-20(16,17)15(2)3/h6-7,14H,4-5,13H2,1-3H3. The van der Waals surface area contributed by atoms with Gasteiger partial charge in [0, 0.05) is 26.3 Å². The number of hydrogen-bond acceptors (Lipinski definition) is 5. The summed E-state index contributed by atoms with van der Waals surface area (Å²) in [5.41, 5.74) is 6.12. The molecule has 0 saturated carbocycles. The van der Waals surface area contributed by atoms with Gasteiger partial charge in [-0.15, -0.1) is 0 Å². The predicted molar refractivity (Wildman–Crippen MR) is 78.2 cm³/mol. The number of aryl methyl sites for hydroxylation is 1. The van der Waals surface area contributed by atoms with E-state index >= 15 is 0 Å². The van der Waals surface area contributed by atoms with Gasteiger partial charge in [0.15, 0.2) is 0 Å². The Kier molecular flexibility index (Phi) is 5.31. The molecule has 0 aromatic heterocycles. The van der Waals surface area contributed by atoms with Crippen LogP contribution in [-0.4, -0.2) is 47.5 Å². The summed E-state index contributed by atoms with van der Waals surface area (Å²) in [6, 6.07) is 2.02. The molecule has 0 unspecified atom stereocenters. The van der Waals surface area contributed by atoms with Crippen molar-refractivity contribution < 1.29 is 21.2 Å². The number of nitrogen functional groups attached to an aromatic ring is 1. The van der Waals surface area contributed by atoms with Crippen molar-refractivity contribution in [3.05, 3.63) is 23.5 Å². The molecule has 21 heavy (non-hydrogen) atoms. The highest BCUT2D eigenvalue weighted by Crippen LogP contribution is 2.21. The van der Waals surface area contributed by atoms with Crippen LogP contribution in [0.15, 0.2) is 17.0 Å². The number of halogens is 1. The molecule has 0 aliphatic carbocycles. The minimum absolute atomic E-state index is 0.137. The van der Waals surface area contributed by atoms with Crippen molar-refractivity contribution in [2.24, 2.45) is 0 Å². The van der Waals surface area contributed by atoms with Gasteiger partial charge in [0.05, 0.1) is 5.75 Å². The second kappa shape index (κ2) is 6.26. The van der Waals surface area contributed by atoms with Gasteiger partial charge in [-0.05, 0) is 24.6 Å². The van der Waals surface area contributed by atoms with Crippen LogP contribution in [0.2, 0.25) is 0 Å². The summed E-state index contributed by atoms with van der Waals surface area (Å²) in [5.74, 6) is -1.37. The fourth-order valence-electron chi connectivity index (χ4n) is 1.44. The summed E-state index contributed by atoms with van der Waals surface area (Å²) >= 11 is 0. The monoisotopic (exact) mass is 339 g/mol. The maximum absolute atomic E-state index is 13.7. The molecule has 0 radical (unpaired) electrons. The molecule has 1 aromatic carbocycles. The van der Waals surface area contributed by atoms with Crippen molar-refractivity contribution >= 4 is 25.7 Å². The maximum atomic E-state index is 13.7. The van der Waals surface area contributed by atoms with Crippen molar-refractivity contribution in [1.29, 1.82) is 0 Å². The van der Waals surface area contributed by atoms with Crippen LogP contribution >= 0.6 is 0 Å². The molecule has 120 valence electrons. The normalized spacial score (nSPS) is 12.8. The van der Waals surface area contributed by atoms with Crippen molar-refractivity contribution in [1.82, 2.24) is 9.03 Å². The molecule has 0 aliphatic rings. The summed E-state index contributed by atoms with van der Waals surface area (Å²) < 4.78 is 63.7. The minimum Gasteiger partial charge on any atom is -0.398 e.